The van der Waals surface area contributed by atoms with Gasteiger partial charge in [-0.05, 0) is 36.5 Å². The minimum atomic E-state index is -4.51. The summed E-state index contributed by atoms with van der Waals surface area (Å²) in [5, 5.41) is 21.7. The summed E-state index contributed by atoms with van der Waals surface area (Å²) in [6.45, 7) is 0. The molecule has 0 unspecified atom stereocenters. The molecule has 0 heterocycles. The highest BCUT2D eigenvalue weighted by Gasteiger charge is 2.33. The van der Waals surface area contributed by atoms with Gasteiger partial charge in [0.05, 0.1) is 5.56 Å². The zero-order valence-electron chi connectivity index (χ0n) is 13.4. The number of nitrogens with one attached hydrogen (secondary N) is 1. The van der Waals surface area contributed by atoms with E-state index in [2.05, 4.69) is 5.32 Å². The fourth-order valence-corrected chi connectivity index (χ4v) is 3.09. The van der Waals surface area contributed by atoms with E-state index in [9.17, 15) is 33.0 Å². The van der Waals surface area contributed by atoms with Gasteiger partial charge in [-0.3, -0.25) is 4.79 Å². The maximum atomic E-state index is 12.5. The van der Waals surface area contributed by atoms with Crippen molar-refractivity contribution in [2.24, 2.45) is 5.92 Å². The molecule has 0 radical (unpaired) electrons. The largest absolute Gasteiger partial charge is 0.480 e. The van der Waals surface area contributed by atoms with Crippen molar-refractivity contribution in [3.8, 4) is 0 Å². The molecule has 8 heteroatoms. The monoisotopic (exact) mass is 359 g/mol. The predicted octanol–water partition coefficient (Wildman–Crippen LogP) is 2.89. The minimum absolute atomic E-state index is 0.0294. The van der Waals surface area contributed by atoms with Gasteiger partial charge in [-0.25, -0.2) is 4.79 Å². The molecule has 5 nitrogen and oxygen atoms in total. The van der Waals surface area contributed by atoms with E-state index in [0.717, 1.165) is 43.5 Å². The summed E-state index contributed by atoms with van der Waals surface area (Å²) < 4.78 is 37.6. The number of alkyl halides is 3. The molecule has 0 aromatic heterocycles. The van der Waals surface area contributed by atoms with Crippen molar-refractivity contribution < 1.29 is 33.0 Å². The summed E-state index contributed by atoms with van der Waals surface area (Å²) in [6, 6.07) is 2.42. The number of carbonyl (C=O) groups excluding carboxylic acids is 1. The van der Waals surface area contributed by atoms with E-state index in [0.29, 0.717) is 12.8 Å². The van der Waals surface area contributed by atoms with Gasteiger partial charge in [-0.2, -0.15) is 13.2 Å². The van der Waals surface area contributed by atoms with Crippen LogP contribution in [0.4, 0.5) is 13.2 Å². The van der Waals surface area contributed by atoms with Gasteiger partial charge in [0.2, 0.25) is 0 Å². The summed E-state index contributed by atoms with van der Waals surface area (Å²) in [5.41, 5.74) is -0.923. The normalized spacial score (nSPS) is 18.4. The zero-order valence-corrected chi connectivity index (χ0v) is 13.4. The molecule has 2 atom stereocenters. The van der Waals surface area contributed by atoms with Gasteiger partial charge in [-0.1, -0.05) is 31.4 Å². The van der Waals surface area contributed by atoms with E-state index in [-0.39, 0.29) is 11.5 Å². The van der Waals surface area contributed by atoms with E-state index < -0.39 is 35.8 Å². The van der Waals surface area contributed by atoms with Crippen LogP contribution in [-0.2, 0) is 15.8 Å². The van der Waals surface area contributed by atoms with Crippen LogP contribution in [-0.4, -0.2) is 28.1 Å². The molecular formula is C17H20F3NO4. The van der Waals surface area contributed by atoms with Crippen LogP contribution in [0.25, 0.3) is 0 Å². The zero-order chi connectivity index (χ0) is 18.6. The van der Waals surface area contributed by atoms with Crippen molar-refractivity contribution in [3.05, 3.63) is 35.4 Å². The number of hydrogen-bond donors (Lipinski definition) is 3. The maximum absolute atomic E-state index is 12.5. The molecule has 1 aromatic rings. The van der Waals surface area contributed by atoms with Gasteiger partial charge >= 0.3 is 12.1 Å². The number of carboxylic acid groups (broad SMARTS) is 1. The van der Waals surface area contributed by atoms with Gasteiger partial charge in [-0.15, -0.1) is 0 Å². The van der Waals surface area contributed by atoms with Crippen LogP contribution in [0.3, 0.4) is 0 Å². The van der Waals surface area contributed by atoms with Crippen LogP contribution in [0.5, 0.6) is 0 Å². The fraction of sp³-hybridized carbons (Fsp3) is 0.529. The summed E-state index contributed by atoms with van der Waals surface area (Å²) >= 11 is 0. The average Bonchev–Trinajstić information content (AvgIpc) is 2.58. The first-order valence-corrected chi connectivity index (χ1v) is 8.08. The number of carboxylic acids is 1. The molecule has 138 valence electrons. The Labute approximate surface area is 142 Å². The molecule has 0 bridgehead atoms. The number of hydrogen-bond acceptors (Lipinski definition) is 3. The Balaban J connectivity index is 2.06. The van der Waals surface area contributed by atoms with Gasteiger partial charge in [0.1, 0.15) is 6.04 Å². The number of benzene rings is 1. The number of aliphatic hydroxyl groups is 1. The summed E-state index contributed by atoms with van der Waals surface area (Å²) in [7, 11) is 0. The highest BCUT2D eigenvalue weighted by molar-refractivity contribution is 5.87. The van der Waals surface area contributed by atoms with Gasteiger partial charge in [0.15, 0.2) is 6.10 Å². The minimum Gasteiger partial charge on any atom is -0.480 e. The number of halogens is 3. The third-order valence-electron chi connectivity index (χ3n) is 4.49. The molecular weight excluding hydrogens is 339 g/mol. The van der Waals surface area contributed by atoms with Crippen LogP contribution >= 0.6 is 0 Å². The predicted molar refractivity (Wildman–Crippen MR) is 82.5 cm³/mol. The molecule has 25 heavy (non-hydrogen) atoms. The molecule has 1 aromatic carbocycles. The van der Waals surface area contributed by atoms with E-state index in [1.165, 1.54) is 0 Å². The Hall–Kier alpha value is -2.09. The lowest BCUT2D eigenvalue weighted by Crippen LogP contribution is -2.48. The van der Waals surface area contributed by atoms with Crippen molar-refractivity contribution in [2.45, 2.75) is 50.4 Å². The third kappa shape index (κ3) is 4.94. The Morgan fingerprint density at radius 1 is 1.08 bits per heavy atom. The van der Waals surface area contributed by atoms with Gasteiger partial charge in [0, 0.05) is 0 Å². The SMILES string of the molecule is O=C(N[C@H](C(=O)O)C1CCCCC1)[C@@H](O)c1ccc(C(F)(F)F)cc1. The highest BCUT2D eigenvalue weighted by atomic mass is 19.4. The molecule has 1 aliphatic carbocycles. The Morgan fingerprint density at radius 3 is 2.12 bits per heavy atom. The highest BCUT2D eigenvalue weighted by Crippen LogP contribution is 2.30. The van der Waals surface area contributed by atoms with Crippen molar-refractivity contribution in [1.82, 2.24) is 5.32 Å². The molecule has 0 saturated heterocycles. The molecule has 1 saturated carbocycles. The van der Waals surface area contributed by atoms with Crippen LogP contribution in [0.15, 0.2) is 24.3 Å². The number of aliphatic hydroxyl groups excluding tert-OH is 1. The van der Waals surface area contributed by atoms with E-state index >= 15 is 0 Å². The lowest BCUT2D eigenvalue weighted by molar-refractivity contribution is -0.145. The molecule has 2 rings (SSSR count). The van der Waals surface area contributed by atoms with Crippen molar-refractivity contribution in [3.63, 3.8) is 0 Å². The molecule has 0 spiro atoms. The molecule has 0 aliphatic heterocycles. The summed E-state index contributed by atoms with van der Waals surface area (Å²) in [6.07, 6.45) is -2.11. The second-order valence-corrected chi connectivity index (χ2v) is 6.24. The maximum Gasteiger partial charge on any atom is 0.416 e. The van der Waals surface area contributed by atoms with Crippen LogP contribution < -0.4 is 5.32 Å². The molecule has 3 N–H and O–H groups in total. The van der Waals surface area contributed by atoms with Crippen molar-refractivity contribution in [1.29, 1.82) is 0 Å². The molecule has 1 amide bonds. The smallest absolute Gasteiger partial charge is 0.416 e. The third-order valence-corrected chi connectivity index (χ3v) is 4.49. The second kappa shape index (κ2) is 7.86. The van der Waals surface area contributed by atoms with Crippen LogP contribution in [0, 0.1) is 5.92 Å². The lowest BCUT2D eigenvalue weighted by Gasteiger charge is -2.28. The molecule has 1 aliphatic rings. The summed E-state index contributed by atoms with van der Waals surface area (Å²) in [4.78, 5) is 23.6. The summed E-state index contributed by atoms with van der Waals surface area (Å²) in [5.74, 6) is -2.33. The number of rotatable bonds is 5. The van der Waals surface area contributed by atoms with E-state index in [4.69, 9.17) is 0 Å². The number of aliphatic carboxylic acids is 1. The Morgan fingerprint density at radius 2 is 1.64 bits per heavy atom. The standard InChI is InChI=1S/C17H20F3NO4/c18-17(19,20)12-8-6-11(7-9-12)14(22)15(23)21-13(16(24)25)10-4-2-1-3-5-10/h6-10,13-14,22H,1-5H2,(H,21,23)(H,24,25)/t13-,14-/m0/s1. The number of amides is 1. The van der Waals surface area contributed by atoms with Crippen molar-refractivity contribution >= 4 is 11.9 Å². The first-order valence-electron chi connectivity index (χ1n) is 8.08. The molecule has 1 fully saturated rings. The lowest BCUT2D eigenvalue weighted by atomic mass is 9.83. The van der Waals surface area contributed by atoms with Crippen molar-refractivity contribution in [2.75, 3.05) is 0 Å². The quantitative estimate of drug-likeness (QED) is 0.754. The second-order valence-electron chi connectivity index (χ2n) is 6.24. The first-order chi connectivity index (χ1) is 11.7. The topological polar surface area (TPSA) is 86.6 Å². The number of carbonyl (C=O) groups is 2. The Kier molecular flexibility index (Phi) is 6.05. The fourth-order valence-electron chi connectivity index (χ4n) is 3.09. The van der Waals surface area contributed by atoms with E-state index in [1.54, 1.807) is 0 Å². The van der Waals surface area contributed by atoms with Crippen LogP contribution in [0.1, 0.15) is 49.3 Å². The van der Waals surface area contributed by atoms with Crippen LogP contribution in [0.2, 0.25) is 0 Å². The van der Waals surface area contributed by atoms with E-state index in [1.807, 2.05) is 0 Å². The first kappa shape index (κ1) is 19.2. The van der Waals surface area contributed by atoms with Gasteiger partial charge < -0.3 is 15.5 Å². The van der Waals surface area contributed by atoms with Gasteiger partial charge in [0.25, 0.3) is 5.91 Å². The Bertz CT molecular complexity index is 609. The average molecular weight is 359 g/mol.